The molecule has 1 aliphatic heterocycles. The zero-order valence-corrected chi connectivity index (χ0v) is 14.8. The van der Waals surface area contributed by atoms with Crippen LogP contribution in [0.2, 0.25) is 0 Å². The van der Waals surface area contributed by atoms with E-state index in [0.29, 0.717) is 17.0 Å². The summed E-state index contributed by atoms with van der Waals surface area (Å²) in [5.74, 6) is -1.66. The van der Waals surface area contributed by atoms with Gasteiger partial charge in [-0.3, -0.25) is 19.8 Å². The quantitative estimate of drug-likeness (QED) is 0.643. The number of nitrogens with zero attached hydrogens (tertiary/aromatic N) is 1. The second-order valence-electron chi connectivity index (χ2n) is 5.48. The van der Waals surface area contributed by atoms with E-state index in [4.69, 9.17) is 0 Å². The molecular formula is C15H17BrN4O4. The van der Waals surface area contributed by atoms with E-state index >= 15 is 0 Å². The molecule has 1 aromatic carbocycles. The number of hydrogen-bond acceptors (Lipinski definition) is 4. The molecule has 1 atom stereocenters. The summed E-state index contributed by atoms with van der Waals surface area (Å²) in [5, 5.41) is 5.57. The van der Waals surface area contributed by atoms with Crippen LogP contribution in [0.15, 0.2) is 28.7 Å². The topological polar surface area (TPSA) is 108 Å². The van der Waals surface area contributed by atoms with Gasteiger partial charge in [-0.15, -0.1) is 0 Å². The van der Waals surface area contributed by atoms with Gasteiger partial charge in [0.1, 0.15) is 5.54 Å². The van der Waals surface area contributed by atoms with Gasteiger partial charge in [0.2, 0.25) is 0 Å². The molecule has 0 aromatic heterocycles. The van der Waals surface area contributed by atoms with Gasteiger partial charge in [0, 0.05) is 10.0 Å². The molecule has 0 saturated carbocycles. The lowest BCUT2D eigenvalue weighted by molar-refractivity contribution is -0.138. The van der Waals surface area contributed by atoms with Gasteiger partial charge in [-0.25, -0.2) is 4.79 Å². The number of benzene rings is 1. The van der Waals surface area contributed by atoms with Crippen molar-refractivity contribution < 1.29 is 19.2 Å². The number of urea groups is 1. The van der Waals surface area contributed by atoms with Crippen molar-refractivity contribution in [1.82, 2.24) is 21.1 Å². The van der Waals surface area contributed by atoms with E-state index < -0.39 is 29.3 Å². The smallest absolute Gasteiger partial charge is 0.343 e. The minimum Gasteiger partial charge on any atom is -0.343 e. The van der Waals surface area contributed by atoms with Crippen LogP contribution >= 0.6 is 15.9 Å². The molecule has 0 spiro atoms. The van der Waals surface area contributed by atoms with E-state index in [2.05, 4.69) is 32.0 Å². The Bertz CT molecular complexity index is 708. The Morgan fingerprint density at radius 2 is 2.04 bits per heavy atom. The molecule has 0 radical (unpaired) electrons. The molecule has 128 valence electrons. The summed E-state index contributed by atoms with van der Waals surface area (Å²) in [4.78, 5) is 47.7. The molecule has 9 heteroatoms. The van der Waals surface area contributed by atoms with E-state index in [0.717, 1.165) is 4.47 Å². The molecule has 8 nitrogen and oxygen atoms in total. The first-order valence-corrected chi connectivity index (χ1v) is 8.06. The summed E-state index contributed by atoms with van der Waals surface area (Å²) in [6, 6.07) is 5.97. The molecule has 1 fully saturated rings. The number of imide groups is 1. The van der Waals surface area contributed by atoms with Crippen molar-refractivity contribution in [2.45, 2.75) is 25.8 Å². The average Bonchev–Trinajstić information content (AvgIpc) is 2.76. The number of amides is 5. The van der Waals surface area contributed by atoms with E-state index in [9.17, 15) is 19.2 Å². The lowest BCUT2D eigenvalue weighted by Crippen LogP contribution is -2.51. The van der Waals surface area contributed by atoms with Gasteiger partial charge in [0.25, 0.3) is 17.7 Å². The summed E-state index contributed by atoms with van der Waals surface area (Å²) in [7, 11) is 0. The van der Waals surface area contributed by atoms with Crippen LogP contribution in [0.3, 0.4) is 0 Å². The van der Waals surface area contributed by atoms with Crippen LogP contribution < -0.4 is 16.1 Å². The summed E-state index contributed by atoms with van der Waals surface area (Å²) in [6.45, 7) is 2.96. The number of hydrogen-bond donors (Lipinski definition) is 3. The van der Waals surface area contributed by atoms with Crippen molar-refractivity contribution in [1.29, 1.82) is 0 Å². The Balaban J connectivity index is 1.91. The lowest BCUT2D eigenvalue weighted by atomic mass is 10.00. The molecule has 1 saturated heterocycles. The van der Waals surface area contributed by atoms with E-state index in [-0.39, 0.29) is 6.54 Å². The van der Waals surface area contributed by atoms with E-state index in [1.54, 1.807) is 38.1 Å². The van der Waals surface area contributed by atoms with Crippen LogP contribution in [0.25, 0.3) is 0 Å². The van der Waals surface area contributed by atoms with Crippen LogP contribution in [0.5, 0.6) is 0 Å². The van der Waals surface area contributed by atoms with Crippen molar-refractivity contribution in [3.8, 4) is 0 Å². The van der Waals surface area contributed by atoms with Crippen LogP contribution in [0.1, 0.15) is 30.6 Å². The van der Waals surface area contributed by atoms with Crippen LogP contribution in [-0.2, 0) is 9.59 Å². The minimum atomic E-state index is -1.04. The van der Waals surface area contributed by atoms with E-state index in [1.807, 2.05) is 0 Å². The second kappa shape index (κ2) is 7.00. The van der Waals surface area contributed by atoms with Crippen molar-refractivity contribution in [3.63, 3.8) is 0 Å². The van der Waals surface area contributed by atoms with Gasteiger partial charge in [0.05, 0.1) is 6.54 Å². The molecule has 1 heterocycles. The molecular weight excluding hydrogens is 380 g/mol. The largest absolute Gasteiger partial charge is 0.344 e. The third kappa shape index (κ3) is 3.73. The molecule has 0 aliphatic carbocycles. The highest BCUT2D eigenvalue weighted by atomic mass is 79.9. The molecule has 3 N–H and O–H groups in total. The Morgan fingerprint density at radius 3 is 2.62 bits per heavy atom. The number of carbonyl (C=O) groups excluding carboxylic acids is 4. The van der Waals surface area contributed by atoms with Crippen LogP contribution in [0, 0.1) is 0 Å². The fraction of sp³-hybridized carbons (Fsp3) is 0.333. The molecule has 1 aromatic rings. The second-order valence-corrected chi connectivity index (χ2v) is 6.40. The number of nitrogens with one attached hydrogen (secondary N) is 3. The lowest BCUT2D eigenvalue weighted by Gasteiger charge is -2.19. The molecule has 0 unspecified atom stereocenters. The van der Waals surface area contributed by atoms with Crippen LogP contribution in [0.4, 0.5) is 4.79 Å². The standard InChI is InChI=1S/C15H17BrN4O4/c1-3-15(2)13(23)20(14(24)18-15)19-11(21)8-17-12(22)9-5-4-6-10(16)7-9/h4-7H,3,8H2,1-2H3,(H,17,22)(H,18,24)(H,19,21)/t15-/m0/s1. The third-order valence-electron chi connectivity index (χ3n) is 3.70. The fourth-order valence-corrected chi connectivity index (χ4v) is 2.48. The van der Waals surface area contributed by atoms with Crippen molar-refractivity contribution in [3.05, 3.63) is 34.3 Å². The third-order valence-corrected chi connectivity index (χ3v) is 4.19. The minimum absolute atomic E-state index is 0.370. The zero-order chi connectivity index (χ0) is 17.9. The molecule has 0 bridgehead atoms. The SMILES string of the molecule is CC[C@]1(C)NC(=O)N(NC(=O)CNC(=O)c2cccc(Br)c2)C1=O. The predicted octanol–water partition coefficient (Wildman–Crippen LogP) is 0.931. The highest BCUT2D eigenvalue weighted by molar-refractivity contribution is 9.10. The number of carbonyl (C=O) groups is 4. The summed E-state index contributed by atoms with van der Waals surface area (Å²) >= 11 is 3.25. The fourth-order valence-electron chi connectivity index (χ4n) is 2.08. The van der Waals surface area contributed by atoms with Gasteiger partial charge in [-0.1, -0.05) is 28.9 Å². The molecule has 1 aliphatic rings. The number of halogens is 1. The van der Waals surface area contributed by atoms with Gasteiger partial charge >= 0.3 is 6.03 Å². The molecule has 5 amide bonds. The number of rotatable bonds is 5. The van der Waals surface area contributed by atoms with Gasteiger partial charge < -0.3 is 10.6 Å². The summed E-state index contributed by atoms with van der Waals surface area (Å²) < 4.78 is 0.734. The summed E-state index contributed by atoms with van der Waals surface area (Å²) in [6.07, 6.45) is 0.392. The van der Waals surface area contributed by atoms with Gasteiger partial charge in [-0.2, -0.15) is 5.01 Å². The first-order valence-electron chi connectivity index (χ1n) is 7.27. The van der Waals surface area contributed by atoms with E-state index in [1.165, 1.54) is 0 Å². The molecule has 24 heavy (non-hydrogen) atoms. The highest BCUT2D eigenvalue weighted by Crippen LogP contribution is 2.19. The van der Waals surface area contributed by atoms with Crippen LogP contribution in [-0.4, -0.2) is 40.8 Å². The van der Waals surface area contributed by atoms with Crippen molar-refractivity contribution in [2.75, 3.05) is 6.54 Å². The average molecular weight is 397 g/mol. The Labute approximate surface area is 147 Å². The van der Waals surface area contributed by atoms with Gasteiger partial charge in [-0.05, 0) is 31.5 Å². The molecule has 2 rings (SSSR count). The first-order chi connectivity index (χ1) is 11.3. The maximum atomic E-state index is 12.1. The van der Waals surface area contributed by atoms with Gasteiger partial charge in [0.15, 0.2) is 0 Å². The highest BCUT2D eigenvalue weighted by Gasteiger charge is 2.47. The monoisotopic (exact) mass is 396 g/mol. The Morgan fingerprint density at radius 1 is 1.33 bits per heavy atom. The zero-order valence-electron chi connectivity index (χ0n) is 13.2. The first kappa shape index (κ1) is 17.9. The Kier molecular flexibility index (Phi) is 5.23. The normalized spacial score (nSPS) is 19.9. The van der Waals surface area contributed by atoms with Crippen molar-refractivity contribution >= 4 is 39.7 Å². The summed E-state index contributed by atoms with van der Waals surface area (Å²) in [5.41, 5.74) is 1.54. The maximum Gasteiger partial charge on any atom is 0.344 e. The Hall–Kier alpha value is -2.42. The number of hydrazine groups is 1. The van der Waals surface area contributed by atoms with Crippen molar-refractivity contribution in [2.24, 2.45) is 0 Å². The predicted molar refractivity (Wildman–Crippen MR) is 88.7 cm³/mol. The maximum absolute atomic E-state index is 12.1.